The summed E-state index contributed by atoms with van der Waals surface area (Å²) < 4.78 is 0. The quantitative estimate of drug-likeness (QED) is 0.863. The molecule has 2 aromatic rings. The van der Waals surface area contributed by atoms with Gasteiger partial charge in [0, 0.05) is 24.6 Å². The molecule has 1 aliphatic heterocycles. The van der Waals surface area contributed by atoms with Crippen molar-refractivity contribution in [2.45, 2.75) is 18.9 Å². The van der Waals surface area contributed by atoms with E-state index >= 15 is 0 Å². The fourth-order valence-electron chi connectivity index (χ4n) is 3.09. The molecule has 1 unspecified atom stereocenters. The van der Waals surface area contributed by atoms with Crippen LogP contribution in [0.5, 0.6) is 0 Å². The Hall–Kier alpha value is -3.15. The maximum atomic E-state index is 12.6. The summed E-state index contributed by atoms with van der Waals surface area (Å²) in [7, 11) is 0. The number of amides is 2. The molecule has 3 rings (SSSR count). The zero-order chi connectivity index (χ0) is 18.5. The van der Waals surface area contributed by atoms with Crippen LogP contribution >= 0.6 is 0 Å². The van der Waals surface area contributed by atoms with Gasteiger partial charge in [-0.25, -0.2) is 0 Å². The van der Waals surface area contributed by atoms with Crippen LogP contribution in [-0.2, 0) is 9.59 Å². The number of benzene rings is 2. The van der Waals surface area contributed by atoms with Crippen molar-refractivity contribution in [3.63, 3.8) is 0 Å². The van der Waals surface area contributed by atoms with Gasteiger partial charge in [0.2, 0.25) is 5.91 Å². The number of nitrogens with one attached hydrogen (secondary N) is 1. The zero-order valence-corrected chi connectivity index (χ0v) is 14.2. The second kappa shape index (κ2) is 7.82. The molecule has 2 aromatic carbocycles. The van der Waals surface area contributed by atoms with E-state index < -0.39 is 5.97 Å². The summed E-state index contributed by atoms with van der Waals surface area (Å²) in [5, 5.41) is 11.8. The maximum Gasteiger partial charge on any atom is 0.323 e. The van der Waals surface area contributed by atoms with Crippen LogP contribution in [0, 0.1) is 0 Å². The van der Waals surface area contributed by atoms with E-state index in [-0.39, 0.29) is 37.4 Å². The molecule has 1 aliphatic rings. The van der Waals surface area contributed by atoms with E-state index in [4.69, 9.17) is 5.11 Å². The first kappa shape index (κ1) is 17.7. The van der Waals surface area contributed by atoms with Gasteiger partial charge in [-0.2, -0.15) is 0 Å². The summed E-state index contributed by atoms with van der Waals surface area (Å²) in [5.41, 5.74) is 2.51. The summed E-state index contributed by atoms with van der Waals surface area (Å²) in [5.74, 6) is -1.47. The molecular formula is C20H20N2O4. The van der Waals surface area contributed by atoms with Crippen molar-refractivity contribution < 1.29 is 19.5 Å². The van der Waals surface area contributed by atoms with Crippen LogP contribution in [-0.4, -0.2) is 46.9 Å². The Kier molecular flexibility index (Phi) is 5.31. The highest BCUT2D eigenvalue weighted by Crippen LogP contribution is 2.20. The van der Waals surface area contributed by atoms with Gasteiger partial charge in [0.15, 0.2) is 0 Å². The first-order valence-electron chi connectivity index (χ1n) is 8.49. The van der Waals surface area contributed by atoms with E-state index in [1.165, 1.54) is 4.90 Å². The van der Waals surface area contributed by atoms with Crippen LogP contribution < -0.4 is 5.32 Å². The van der Waals surface area contributed by atoms with Crippen molar-refractivity contribution in [1.82, 2.24) is 10.2 Å². The lowest BCUT2D eigenvalue weighted by atomic mass is 10.0. The SMILES string of the molecule is O=C(O)CN1CC(NC(=O)c2cccc(-c3ccccc3)c2)CCC1=O. The van der Waals surface area contributed by atoms with E-state index in [2.05, 4.69) is 5.32 Å². The standard InChI is InChI=1S/C20H20N2O4/c23-18-10-9-17(12-22(18)13-19(24)25)21-20(26)16-8-4-7-15(11-16)14-5-2-1-3-6-14/h1-8,11,17H,9-10,12-13H2,(H,21,26)(H,24,25). The molecule has 1 saturated heterocycles. The number of carbonyl (C=O) groups is 3. The number of rotatable bonds is 5. The van der Waals surface area contributed by atoms with E-state index in [0.29, 0.717) is 12.0 Å². The lowest BCUT2D eigenvalue weighted by Crippen LogP contribution is -2.51. The predicted molar refractivity (Wildman–Crippen MR) is 96.6 cm³/mol. The molecule has 1 heterocycles. The van der Waals surface area contributed by atoms with Gasteiger partial charge >= 0.3 is 5.97 Å². The normalized spacial score (nSPS) is 17.0. The molecule has 6 nitrogen and oxygen atoms in total. The van der Waals surface area contributed by atoms with E-state index in [1.807, 2.05) is 48.5 Å². The number of hydrogen-bond acceptors (Lipinski definition) is 3. The van der Waals surface area contributed by atoms with Crippen molar-refractivity contribution in [3.8, 4) is 11.1 Å². The highest BCUT2D eigenvalue weighted by Gasteiger charge is 2.28. The Labute approximate surface area is 151 Å². The van der Waals surface area contributed by atoms with Crippen LogP contribution in [0.1, 0.15) is 23.2 Å². The number of likely N-dealkylation sites (tertiary alicyclic amines) is 1. The van der Waals surface area contributed by atoms with Crippen molar-refractivity contribution in [2.75, 3.05) is 13.1 Å². The highest BCUT2D eigenvalue weighted by atomic mass is 16.4. The van der Waals surface area contributed by atoms with Crippen molar-refractivity contribution in [2.24, 2.45) is 0 Å². The van der Waals surface area contributed by atoms with Gasteiger partial charge in [-0.15, -0.1) is 0 Å². The fraction of sp³-hybridized carbons (Fsp3) is 0.250. The van der Waals surface area contributed by atoms with Gasteiger partial charge in [-0.05, 0) is 29.7 Å². The van der Waals surface area contributed by atoms with Crippen molar-refractivity contribution in [3.05, 3.63) is 60.2 Å². The zero-order valence-electron chi connectivity index (χ0n) is 14.2. The maximum absolute atomic E-state index is 12.6. The molecule has 0 saturated carbocycles. The largest absolute Gasteiger partial charge is 0.480 e. The number of nitrogens with zero attached hydrogens (tertiary/aromatic N) is 1. The van der Waals surface area contributed by atoms with Crippen LogP contribution in [0.25, 0.3) is 11.1 Å². The number of piperidine rings is 1. The molecule has 1 fully saturated rings. The second-order valence-electron chi connectivity index (χ2n) is 6.32. The monoisotopic (exact) mass is 352 g/mol. The van der Waals surface area contributed by atoms with Gasteiger partial charge in [0.1, 0.15) is 6.54 Å². The Morgan fingerprint density at radius 3 is 2.54 bits per heavy atom. The van der Waals surface area contributed by atoms with E-state index in [9.17, 15) is 14.4 Å². The minimum atomic E-state index is -1.05. The average Bonchev–Trinajstić information content (AvgIpc) is 2.65. The molecule has 6 heteroatoms. The summed E-state index contributed by atoms with van der Waals surface area (Å²) in [4.78, 5) is 36.5. The third-order valence-corrected chi connectivity index (χ3v) is 4.39. The molecule has 0 spiro atoms. The van der Waals surface area contributed by atoms with Gasteiger partial charge in [-0.1, -0.05) is 42.5 Å². The van der Waals surface area contributed by atoms with Gasteiger partial charge in [-0.3, -0.25) is 14.4 Å². The number of carboxylic acid groups (broad SMARTS) is 1. The van der Waals surface area contributed by atoms with E-state index in [0.717, 1.165) is 11.1 Å². The van der Waals surface area contributed by atoms with Crippen molar-refractivity contribution in [1.29, 1.82) is 0 Å². The molecule has 1 atom stereocenters. The summed E-state index contributed by atoms with van der Waals surface area (Å²) >= 11 is 0. The Morgan fingerprint density at radius 1 is 1.08 bits per heavy atom. The molecule has 0 radical (unpaired) electrons. The number of carbonyl (C=O) groups excluding carboxylic acids is 2. The smallest absolute Gasteiger partial charge is 0.323 e. The number of aliphatic carboxylic acids is 1. The summed E-state index contributed by atoms with van der Waals surface area (Å²) in [6.45, 7) is -0.121. The predicted octanol–water partition coefficient (Wildman–Crippen LogP) is 2.16. The Balaban J connectivity index is 1.68. The minimum Gasteiger partial charge on any atom is -0.480 e. The third kappa shape index (κ3) is 4.27. The van der Waals surface area contributed by atoms with Gasteiger partial charge in [0.25, 0.3) is 5.91 Å². The first-order chi connectivity index (χ1) is 12.5. The molecule has 134 valence electrons. The lowest BCUT2D eigenvalue weighted by Gasteiger charge is -2.32. The molecule has 26 heavy (non-hydrogen) atoms. The summed E-state index contributed by atoms with van der Waals surface area (Å²) in [6.07, 6.45) is 0.751. The lowest BCUT2D eigenvalue weighted by molar-refractivity contribution is -0.146. The van der Waals surface area contributed by atoms with Crippen LogP contribution in [0.15, 0.2) is 54.6 Å². The fourth-order valence-corrected chi connectivity index (χ4v) is 3.09. The molecule has 0 aromatic heterocycles. The molecule has 0 bridgehead atoms. The third-order valence-electron chi connectivity index (χ3n) is 4.39. The Bertz CT molecular complexity index is 820. The van der Waals surface area contributed by atoms with Crippen LogP contribution in [0.4, 0.5) is 0 Å². The van der Waals surface area contributed by atoms with Gasteiger partial charge < -0.3 is 15.3 Å². The Morgan fingerprint density at radius 2 is 1.81 bits per heavy atom. The summed E-state index contributed by atoms with van der Waals surface area (Å²) in [6, 6.07) is 16.9. The second-order valence-corrected chi connectivity index (χ2v) is 6.32. The molecule has 0 aliphatic carbocycles. The number of hydrogen-bond donors (Lipinski definition) is 2. The average molecular weight is 352 g/mol. The van der Waals surface area contributed by atoms with E-state index in [1.54, 1.807) is 6.07 Å². The minimum absolute atomic E-state index is 0.191. The molecule has 2 N–H and O–H groups in total. The number of carboxylic acids is 1. The van der Waals surface area contributed by atoms with Gasteiger partial charge in [0.05, 0.1) is 0 Å². The first-order valence-corrected chi connectivity index (χ1v) is 8.49. The molecular weight excluding hydrogens is 332 g/mol. The highest BCUT2D eigenvalue weighted by molar-refractivity contribution is 5.95. The van der Waals surface area contributed by atoms with Crippen LogP contribution in [0.2, 0.25) is 0 Å². The topological polar surface area (TPSA) is 86.7 Å². The van der Waals surface area contributed by atoms with Crippen molar-refractivity contribution >= 4 is 17.8 Å². The molecule has 2 amide bonds. The van der Waals surface area contributed by atoms with Crippen LogP contribution in [0.3, 0.4) is 0 Å².